The summed E-state index contributed by atoms with van der Waals surface area (Å²) in [6.45, 7) is 4.21. The third-order valence-corrected chi connectivity index (χ3v) is 5.56. The van der Waals surface area contributed by atoms with Gasteiger partial charge in [-0.25, -0.2) is 4.79 Å². The third-order valence-electron chi connectivity index (χ3n) is 5.56. The lowest BCUT2D eigenvalue weighted by atomic mass is 10.1. The highest BCUT2D eigenvalue weighted by Gasteiger charge is 2.22. The molecular formula is C26H29N3O2. The van der Waals surface area contributed by atoms with Gasteiger partial charge in [0.25, 0.3) is 0 Å². The molecule has 0 unspecified atom stereocenters. The van der Waals surface area contributed by atoms with Gasteiger partial charge in [-0.05, 0) is 41.8 Å². The molecule has 0 aromatic heterocycles. The van der Waals surface area contributed by atoms with E-state index < -0.39 is 0 Å². The molecule has 1 aliphatic rings. The normalized spacial score (nSPS) is 13.7. The number of carbonyl (C=O) groups is 1. The fourth-order valence-corrected chi connectivity index (χ4v) is 3.74. The molecule has 3 aromatic carbocycles. The zero-order chi connectivity index (χ0) is 21.3. The Hall–Kier alpha value is -3.47. The van der Waals surface area contributed by atoms with E-state index in [-0.39, 0.29) is 6.09 Å². The van der Waals surface area contributed by atoms with E-state index in [9.17, 15) is 4.79 Å². The molecule has 0 bridgehead atoms. The van der Waals surface area contributed by atoms with Crippen molar-refractivity contribution < 1.29 is 9.53 Å². The summed E-state index contributed by atoms with van der Waals surface area (Å²) >= 11 is 0. The molecule has 5 heteroatoms. The predicted molar refractivity (Wildman–Crippen MR) is 125 cm³/mol. The fraction of sp³-hybridized carbons (Fsp3) is 0.269. The van der Waals surface area contributed by atoms with Gasteiger partial charge in [0.1, 0.15) is 6.61 Å². The van der Waals surface area contributed by atoms with Crippen molar-refractivity contribution in [2.45, 2.75) is 13.0 Å². The van der Waals surface area contributed by atoms with Crippen molar-refractivity contribution in [3.8, 4) is 0 Å². The van der Waals surface area contributed by atoms with Crippen molar-refractivity contribution in [2.24, 2.45) is 0 Å². The van der Waals surface area contributed by atoms with E-state index in [1.807, 2.05) is 48.5 Å². The van der Waals surface area contributed by atoms with Gasteiger partial charge in [0, 0.05) is 44.1 Å². The Bertz CT molecular complexity index is 937. The van der Waals surface area contributed by atoms with E-state index in [2.05, 4.69) is 46.6 Å². The number of ether oxygens (including phenoxy) is 1. The Balaban J connectivity index is 1.20. The minimum Gasteiger partial charge on any atom is -0.445 e. The van der Waals surface area contributed by atoms with Crippen LogP contribution in [0.2, 0.25) is 0 Å². The van der Waals surface area contributed by atoms with Gasteiger partial charge < -0.3 is 19.9 Å². The SMILES string of the molecule is O=C(OCc1ccccc1)N1CCN(c2ccc(CCNc3ccccc3)cc2)CC1. The number of para-hydroxylation sites is 1. The zero-order valence-electron chi connectivity index (χ0n) is 17.7. The second-order valence-corrected chi connectivity index (χ2v) is 7.72. The van der Waals surface area contributed by atoms with Crippen LogP contribution in [-0.2, 0) is 17.8 Å². The van der Waals surface area contributed by atoms with Crippen LogP contribution in [-0.4, -0.2) is 43.7 Å². The number of hydrogen-bond acceptors (Lipinski definition) is 4. The van der Waals surface area contributed by atoms with E-state index in [0.717, 1.165) is 37.3 Å². The smallest absolute Gasteiger partial charge is 0.410 e. The van der Waals surface area contributed by atoms with Crippen molar-refractivity contribution in [3.63, 3.8) is 0 Å². The van der Waals surface area contributed by atoms with Crippen LogP contribution < -0.4 is 10.2 Å². The summed E-state index contributed by atoms with van der Waals surface area (Å²) in [4.78, 5) is 16.5. The zero-order valence-corrected chi connectivity index (χ0v) is 17.7. The Kier molecular flexibility index (Phi) is 7.06. The Morgan fingerprint density at radius 2 is 1.42 bits per heavy atom. The van der Waals surface area contributed by atoms with Crippen molar-refractivity contribution in [1.29, 1.82) is 0 Å². The quantitative estimate of drug-likeness (QED) is 0.602. The van der Waals surface area contributed by atoms with Gasteiger partial charge in [-0.15, -0.1) is 0 Å². The van der Waals surface area contributed by atoms with Crippen LogP contribution in [0, 0.1) is 0 Å². The maximum Gasteiger partial charge on any atom is 0.410 e. The maximum absolute atomic E-state index is 12.3. The molecule has 5 nitrogen and oxygen atoms in total. The summed E-state index contributed by atoms with van der Waals surface area (Å²) in [5, 5.41) is 3.45. The molecule has 31 heavy (non-hydrogen) atoms. The first-order valence-corrected chi connectivity index (χ1v) is 10.9. The van der Waals surface area contributed by atoms with Crippen LogP contribution in [0.4, 0.5) is 16.2 Å². The van der Waals surface area contributed by atoms with E-state index >= 15 is 0 Å². The highest BCUT2D eigenvalue weighted by Crippen LogP contribution is 2.18. The molecule has 1 saturated heterocycles. The van der Waals surface area contributed by atoms with E-state index in [1.165, 1.54) is 11.3 Å². The minimum atomic E-state index is -0.232. The second-order valence-electron chi connectivity index (χ2n) is 7.72. The van der Waals surface area contributed by atoms with Gasteiger partial charge >= 0.3 is 6.09 Å². The standard InChI is InChI=1S/C26H29N3O2/c30-26(31-21-23-7-3-1-4-8-23)29-19-17-28(18-20-29)25-13-11-22(12-14-25)15-16-27-24-9-5-2-6-10-24/h1-14,27H,15-21H2. The first-order chi connectivity index (χ1) is 15.3. The van der Waals surface area contributed by atoms with Crippen molar-refractivity contribution in [1.82, 2.24) is 4.90 Å². The van der Waals surface area contributed by atoms with Gasteiger partial charge in [-0.2, -0.15) is 0 Å². The van der Waals surface area contributed by atoms with Crippen LogP contribution in [0.25, 0.3) is 0 Å². The molecule has 1 aliphatic heterocycles. The molecule has 1 heterocycles. The summed E-state index contributed by atoms with van der Waals surface area (Å²) < 4.78 is 5.46. The highest BCUT2D eigenvalue weighted by atomic mass is 16.6. The topological polar surface area (TPSA) is 44.8 Å². The van der Waals surface area contributed by atoms with Gasteiger partial charge in [0.05, 0.1) is 0 Å². The van der Waals surface area contributed by atoms with Gasteiger partial charge in [-0.3, -0.25) is 0 Å². The molecule has 3 aromatic rings. The predicted octanol–water partition coefficient (Wildman–Crippen LogP) is 4.80. The monoisotopic (exact) mass is 415 g/mol. The molecule has 0 atom stereocenters. The van der Waals surface area contributed by atoms with Crippen molar-refractivity contribution >= 4 is 17.5 Å². The molecule has 0 radical (unpaired) electrons. The lowest BCUT2D eigenvalue weighted by molar-refractivity contribution is 0.0942. The largest absolute Gasteiger partial charge is 0.445 e. The molecule has 4 rings (SSSR count). The molecular weight excluding hydrogens is 386 g/mol. The van der Waals surface area contributed by atoms with E-state index in [4.69, 9.17) is 4.74 Å². The van der Waals surface area contributed by atoms with E-state index in [1.54, 1.807) is 4.90 Å². The molecule has 1 amide bonds. The van der Waals surface area contributed by atoms with Crippen LogP contribution >= 0.6 is 0 Å². The lowest BCUT2D eigenvalue weighted by Crippen LogP contribution is -2.48. The number of hydrogen-bond donors (Lipinski definition) is 1. The summed E-state index contributed by atoms with van der Waals surface area (Å²) in [5.74, 6) is 0. The molecule has 160 valence electrons. The van der Waals surface area contributed by atoms with Gasteiger partial charge in [0.15, 0.2) is 0 Å². The number of nitrogens with zero attached hydrogens (tertiary/aromatic N) is 2. The van der Waals surface area contributed by atoms with Gasteiger partial charge in [-0.1, -0.05) is 60.7 Å². The Morgan fingerprint density at radius 1 is 0.774 bits per heavy atom. The number of anilines is 2. The molecule has 1 N–H and O–H groups in total. The average molecular weight is 416 g/mol. The summed E-state index contributed by atoms with van der Waals surface area (Å²) in [7, 11) is 0. The Morgan fingerprint density at radius 3 is 2.10 bits per heavy atom. The molecule has 0 spiro atoms. The van der Waals surface area contributed by atoms with Crippen molar-refractivity contribution in [3.05, 3.63) is 96.1 Å². The summed E-state index contributed by atoms with van der Waals surface area (Å²) in [6, 6.07) is 28.8. The number of amides is 1. The average Bonchev–Trinajstić information content (AvgIpc) is 2.84. The van der Waals surface area contributed by atoms with Gasteiger partial charge in [0.2, 0.25) is 0 Å². The van der Waals surface area contributed by atoms with E-state index in [0.29, 0.717) is 19.7 Å². The summed E-state index contributed by atoms with van der Waals surface area (Å²) in [5.41, 5.74) is 4.68. The first kappa shape index (κ1) is 20.8. The molecule has 0 saturated carbocycles. The number of rotatable bonds is 7. The fourth-order valence-electron chi connectivity index (χ4n) is 3.74. The first-order valence-electron chi connectivity index (χ1n) is 10.9. The minimum absolute atomic E-state index is 0.232. The molecule has 1 fully saturated rings. The number of piperazine rings is 1. The third kappa shape index (κ3) is 6.01. The van der Waals surface area contributed by atoms with Crippen LogP contribution in [0.1, 0.15) is 11.1 Å². The lowest BCUT2D eigenvalue weighted by Gasteiger charge is -2.35. The number of benzene rings is 3. The summed E-state index contributed by atoms with van der Waals surface area (Å²) in [6.07, 6.45) is 0.751. The maximum atomic E-state index is 12.3. The van der Waals surface area contributed by atoms with Crippen LogP contribution in [0.3, 0.4) is 0 Å². The number of nitrogens with one attached hydrogen (secondary N) is 1. The second kappa shape index (κ2) is 10.5. The molecule has 0 aliphatic carbocycles. The Labute approximate surface area is 184 Å². The van der Waals surface area contributed by atoms with Crippen LogP contribution in [0.15, 0.2) is 84.9 Å². The van der Waals surface area contributed by atoms with Crippen molar-refractivity contribution in [2.75, 3.05) is 42.9 Å². The van der Waals surface area contributed by atoms with Crippen LogP contribution in [0.5, 0.6) is 0 Å². The highest BCUT2D eigenvalue weighted by molar-refractivity contribution is 5.68. The number of carbonyl (C=O) groups excluding carboxylic acids is 1.